The van der Waals surface area contributed by atoms with E-state index in [4.69, 9.17) is 11.6 Å². The van der Waals surface area contributed by atoms with Crippen molar-refractivity contribution in [3.63, 3.8) is 0 Å². The first kappa shape index (κ1) is 18.3. The summed E-state index contributed by atoms with van der Waals surface area (Å²) in [5.41, 5.74) is 1.96. The lowest BCUT2D eigenvalue weighted by Gasteiger charge is -2.07. The van der Waals surface area contributed by atoms with Crippen LogP contribution in [0.1, 0.15) is 15.9 Å². The smallest absolute Gasteiger partial charge is 0.271 e. The Balaban J connectivity index is 1.75. The highest BCUT2D eigenvalue weighted by molar-refractivity contribution is 7.15. The Hall–Kier alpha value is -3.03. The van der Waals surface area contributed by atoms with E-state index >= 15 is 0 Å². The number of aryl methyl sites for hydroxylation is 1. The first-order valence-corrected chi connectivity index (χ1v) is 9.52. The molecule has 1 amide bonds. The maximum Gasteiger partial charge on any atom is 0.271 e. The highest BCUT2D eigenvalue weighted by Gasteiger charge is 2.17. The molecule has 0 bridgehead atoms. The minimum absolute atomic E-state index is 0.101. The maximum absolute atomic E-state index is 13.2. The Kier molecular flexibility index (Phi) is 4.70. The molecule has 0 aliphatic rings. The van der Waals surface area contributed by atoms with Gasteiger partial charge in [0.2, 0.25) is 0 Å². The predicted octanol–water partition coefficient (Wildman–Crippen LogP) is 4.78. The van der Waals surface area contributed by atoms with E-state index in [1.807, 2.05) is 6.92 Å². The fourth-order valence-corrected chi connectivity index (χ4v) is 3.78. The van der Waals surface area contributed by atoms with E-state index in [2.05, 4.69) is 10.3 Å². The molecule has 0 saturated carbocycles. The van der Waals surface area contributed by atoms with Crippen LogP contribution in [-0.2, 0) is 0 Å². The van der Waals surface area contributed by atoms with Crippen LogP contribution < -0.4 is 10.9 Å². The molecule has 2 heterocycles. The van der Waals surface area contributed by atoms with Gasteiger partial charge in [0.1, 0.15) is 11.4 Å². The van der Waals surface area contributed by atoms with Crippen LogP contribution in [0.2, 0.25) is 5.02 Å². The number of hydrogen-bond acceptors (Lipinski definition) is 4. The number of anilines is 1. The van der Waals surface area contributed by atoms with Crippen molar-refractivity contribution < 1.29 is 9.18 Å². The van der Waals surface area contributed by atoms with E-state index in [0.717, 1.165) is 5.56 Å². The SMILES string of the molecule is Cc1ccc(NC(=O)c2cnc3scc(-c4ccc(F)cc4)n3c2=O)cc1Cl. The monoisotopic (exact) mass is 413 g/mol. The van der Waals surface area contributed by atoms with E-state index in [1.165, 1.54) is 34.1 Å². The fraction of sp³-hybridized carbons (Fsp3) is 0.0500. The van der Waals surface area contributed by atoms with Crippen LogP contribution in [-0.4, -0.2) is 15.3 Å². The lowest BCUT2D eigenvalue weighted by atomic mass is 10.1. The summed E-state index contributed by atoms with van der Waals surface area (Å²) >= 11 is 7.35. The summed E-state index contributed by atoms with van der Waals surface area (Å²) in [6.45, 7) is 1.85. The van der Waals surface area contributed by atoms with Crippen molar-refractivity contribution in [3.05, 3.63) is 86.4 Å². The minimum atomic E-state index is -0.580. The molecule has 2 aromatic heterocycles. The van der Waals surface area contributed by atoms with Crippen LogP contribution in [0.4, 0.5) is 10.1 Å². The normalized spacial score (nSPS) is 11.0. The van der Waals surface area contributed by atoms with E-state index in [9.17, 15) is 14.0 Å². The number of halogens is 2. The average Bonchev–Trinajstić information content (AvgIpc) is 3.10. The molecule has 5 nitrogen and oxygen atoms in total. The van der Waals surface area contributed by atoms with Gasteiger partial charge in [0.25, 0.3) is 11.5 Å². The van der Waals surface area contributed by atoms with E-state index in [0.29, 0.717) is 26.9 Å². The zero-order chi connectivity index (χ0) is 19.8. The molecule has 140 valence electrons. The number of carbonyl (C=O) groups is 1. The first-order valence-electron chi connectivity index (χ1n) is 8.27. The van der Waals surface area contributed by atoms with Gasteiger partial charge in [0.05, 0.1) is 5.69 Å². The number of hydrogen-bond donors (Lipinski definition) is 1. The molecule has 0 spiro atoms. The fourth-order valence-electron chi connectivity index (χ4n) is 2.74. The summed E-state index contributed by atoms with van der Waals surface area (Å²) in [6.07, 6.45) is 1.26. The first-order chi connectivity index (χ1) is 13.4. The molecular weight excluding hydrogens is 401 g/mol. The highest BCUT2D eigenvalue weighted by Crippen LogP contribution is 2.24. The Morgan fingerprint density at radius 3 is 2.68 bits per heavy atom. The van der Waals surface area contributed by atoms with E-state index in [1.54, 1.807) is 35.7 Å². The standard InChI is InChI=1S/C20H13ClFN3O2S/c1-11-2-7-14(8-16(11)21)24-18(26)15-9-23-20-25(19(15)27)17(10-28-20)12-3-5-13(22)6-4-12/h2-10H,1H3,(H,24,26). The molecule has 4 aromatic rings. The van der Waals surface area contributed by atoms with Gasteiger partial charge in [-0.3, -0.25) is 14.0 Å². The van der Waals surface area contributed by atoms with Gasteiger partial charge in [-0.1, -0.05) is 17.7 Å². The second kappa shape index (κ2) is 7.18. The molecule has 0 saturated heterocycles. The van der Waals surface area contributed by atoms with Crippen LogP contribution in [0.3, 0.4) is 0 Å². The molecule has 0 fully saturated rings. The van der Waals surface area contributed by atoms with Crippen molar-refractivity contribution in [1.82, 2.24) is 9.38 Å². The topological polar surface area (TPSA) is 63.5 Å². The Morgan fingerprint density at radius 2 is 1.96 bits per heavy atom. The summed E-state index contributed by atoms with van der Waals surface area (Å²) in [5, 5.41) is 4.93. The predicted molar refractivity (Wildman–Crippen MR) is 109 cm³/mol. The van der Waals surface area contributed by atoms with Crippen LogP contribution >= 0.6 is 22.9 Å². The van der Waals surface area contributed by atoms with E-state index < -0.39 is 11.5 Å². The zero-order valence-corrected chi connectivity index (χ0v) is 16.1. The largest absolute Gasteiger partial charge is 0.322 e. The second-order valence-corrected chi connectivity index (χ2v) is 7.38. The third-order valence-electron chi connectivity index (χ3n) is 4.26. The third-order valence-corrected chi connectivity index (χ3v) is 5.51. The third kappa shape index (κ3) is 3.30. The summed E-state index contributed by atoms with van der Waals surface area (Å²) < 4.78 is 14.6. The van der Waals surface area contributed by atoms with Crippen molar-refractivity contribution >= 4 is 39.5 Å². The van der Waals surface area contributed by atoms with Gasteiger partial charge < -0.3 is 5.32 Å². The number of thiazole rings is 1. The van der Waals surface area contributed by atoms with Crippen LogP contribution in [0.25, 0.3) is 16.2 Å². The second-order valence-electron chi connectivity index (χ2n) is 6.14. The van der Waals surface area contributed by atoms with Gasteiger partial charge >= 0.3 is 0 Å². The Labute approximate surface area is 168 Å². The maximum atomic E-state index is 13.2. The molecule has 0 unspecified atom stereocenters. The molecule has 2 aromatic carbocycles. The minimum Gasteiger partial charge on any atom is -0.322 e. The van der Waals surface area contributed by atoms with E-state index in [-0.39, 0.29) is 11.4 Å². The number of benzene rings is 2. The Morgan fingerprint density at radius 1 is 1.21 bits per heavy atom. The van der Waals surface area contributed by atoms with Crippen molar-refractivity contribution in [2.45, 2.75) is 6.92 Å². The van der Waals surface area contributed by atoms with Gasteiger partial charge in [-0.2, -0.15) is 0 Å². The molecule has 0 aliphatic carbocycles. The van der Waals surface area contributed by atoms with Crippen molar-refractivity contribution in [3.8, 4) is 11.3 Å². The highest BCUT2D eigenvalue weighted by atomic mass is 35.5. The molecule has 28 heavy (non-hydrogen) atoms. The lowest BCUT2D eigenvalue weighted by Crippen LogP contribution is -2.26. The van der Waals surface area contributed by atoms with Gasteiger partial charge in [-0.15, -0.1) is 11.3 Å². The quantitative estimate of drug-likeness (QED) is 0.526. The molecule has 0 aliphatic heterocycles. The summed E-state index contributed by atoms with van der Waals surface area (Å²) in [6, 6.07) is 10.9. The van der Waals surface area contributed by atoms with Crippen LogP contribution in [0.15, 0.2) is 58.8 Å². The Bertz CT molecular complexity index is 1260. The summed E-state index contributed by atoms with van der Waals surface area (Å²) in [7, 11) is 0. The van der Waals surface area contributed by atoms with Crippen molar-refractivity contribution in [2.75, 3.05) is 5.32 Å². The molecule has 0 radical (unpaired) electrons. The number of nitrogens with zero attached hydrogens (tertiary/aromatic N) is 2. The number of fused-ring (bicyclic) bond motifs is 1. The summed E-state index contributed by atoms with van der Waals surface area (Å²) in [4.78, 5) is 30.3. The lowest BCUT2D eigenvalue weighted by molar-refractivity contribution is 0.102. The van der Waals surface area contributed by atoms with Crippen molar-refractivity contribution in [1.29, 1.82) is 0 Å². The number of nitrogens with one attached hydrogen (secondary N) is 1. The van der Waals surface area contributed by atoms with Gasteiger partial charge in [-0.25, -0.2) is 9.37 Å². The zero-order valence-electron chi connectivity index (χ0n) is 14.6. The molecule has 0 atom stereocenters. The number of carbonyl (C=O) groups excluding carboxylic acids is 1. The van der Waals surface area contributed by atoms with Gasteiger partial charge in [0, 0.05) is 22.3 Å². The average molecular weight is 414 g/mol. The number of rotatable bonds is 3. The number of aromatic nitrogens is 2. The number of amides is 1. The molecular formula is C20H13ClFN3O2S. The van der Waals surface area contributed by atoms with Crippen molar-refractivity contribution in [2.24, 2.45) is 0 Å². The van der Waals surface area contributed by atoms with Crippen LogP contribution in [0, 0.1) is 12.7 Å². The summed E-state index contributed by atoms with van der Waals surface area (Å²) in [5.74, 6) is -0.950. The van der Waals surface area contributed by atoms with Gasteiger partial charge in [0.15, 0.2) is 4.96 Å². The molecule has 1 N–H and O–H groups in total. The molecule has 8 heteroatoms. The van der Waals surface area contributed by atoms with Crippen LogP contribution in [0.5, 0.6) is 0 Å². The van der Waals surface area contributed by atoms with Gasteiger partial charge in [-0.05, 0) is 54.4 Å². The molecule has 4 rings (SSSR count).